The van der Waals surface area contributed by atoms with Gasteiger partial charge in [0, 0.05) is 10.2 Å². The molecule has 1 amide bonds. The van der Waals surface area contributed by atoms with Crippen molar-refractivity contribution in [3.63, 3.8) is 0 Å². The summed E-state index contributed by atoms with van der Waals surface area (Å²) < 4.78 is 14.5. The quantitative estimate of drug-likeness (QED) is 0.804. The van der Waals surface area contributed by atoms with Gasteiger partial charge in [0.25, 0.3) is 0 Å². The van der Waals surface area contributed by atoms with Gasteiger partial charge in [0.1, 0.15) is 5.82 Å². The molecule has 1 N–H and O–H groups in total. The topological polar surface area (TPSA) is 29.1 Å². The van der Waals surface area contributed by atoms with E-state index in [2.05, 4.69) is 35.1 Å². The molecule has 0 bridgehead atoms. The summed E-state index contributed by atoms with van der Waals surface area (Å²) in [5.74, 6) is -0.564. The molecule has 0 aliphatic rings. The van der Waals surface area contributed by atoms with Gasteiger partial charge in [0.05, 0.1) is 6.42 Å². The minimum atomic E-state index is -0.363. The summed E-state index contributed by atoms with van der Waals surface area (Å²) in [5, 5.41) is 2.96. The van der Waals surface area contributed by atoms with Crippen molar-refractivity contribution in [3.05, 3.63) is 63.4 Å². The maximum atomic E-state index is 13.8. The fraction of sp³-hybridized carbons (Fsp3) is 0.278. The molecule has 4 heteroatoms. The molecule has 22 heavy (non-hydrogen) atoms. The Bertz CT molecular complexity index is 663. The first kappa shape index (κ1) is 16.7. The fourth-order valence-corrected chi connectivity index (χ4v) is 2.85. The molecule has 2 rings (SSSR count). The van der Waals surface area contributed by atoms with Crippen molar-refractivity contribution in [2.75, 3.05) is 5.32 Å². The molecule has 0 saturated carbocycles. The fourth-order valence-electron chi connectivity index (χ4n) is 2.44. The van der Waals surface area contributed by atoms with Crippen LogP contribution in [0.4, 0.5) is 10.1 Å². The lowest BCUT2D eigenvalue weighted by Gasteiger charge is -2.14. The summed E-state index contributed by atoms with van der Waals surface area (Å²) >= 11 is 3.30. The van der Waals surface area contributed by atoms with Crippen molar-refractivity contribution in [1.29, 1.82) is 0 Å². The Labute approximate surface area is 138 Å². The molecule has 2 nitrogen and oxygen atoms in total. The number of rotatable bonds is 5. The van der Waals surface area contributed by atoms with E-state index in [4.69, 9.17) is 0 Å². The van der Waals surface area contributed by atoms with Crippen LogP contribution in [0.25, 0.3) is 0 Å². The molecule has 2 aromatic carbocycles. The van der Waals surface area contributed by atoms with E-state index in [0.717, 1.165) is 34.1 Å². The number of carbonyl (C=O) groups excluding carboxylic acids is 1. The molecule has 0 unspecified atom stereocenters. The number of hydrogen-bond donors (Lipinski definition) is 1. The van der Waals surface area contributed by atoms with Crippen LogP contribution in [0.5, 0.6) is 0 Å². The zero-order valence-electron chi connectivity index (χ0n) is 12.7. The summed E-state index contributed by atoms with van der Waals surface area (Å²) in [6.45, 7) is 4.11. The highest BCUT2D eigenvalue weighted by atomic mass is 79.9. The van der Waals surface area contributed by atoms with Crippen molar-refractivity contribution in [1.82, 2.24) is 0 Å². The Hall–Kier alpha value is -1.68. The highest BCUT2D eigenvalue weighted by Gasteiger charge is 2.13. The van der Waals surface area contributed by atoms with Crippen LogP contribution in [-0.2, 0) is 24.1 Å². The molecule has 116 valence electrons. The van der Waals surface area contributed by atoms with Crippen LogP contribution in [0.1, 0.15) is 30.5 Å². The number of halogens is 2. The Morgan fingerprint density at radius 3 is 2.32 bits per heavy atom. The predicted octanol–water partition coefficient (Wildman–Crippen LogP) is 4.89. The Morgan fingerprint density at radius 1 is 1.09 bits per heavy atom. The second-order valence-electron chi connectivity index (χ2n) is 5.12. The van der Waals surface area contributed by atoms with Crippen molar-refractivity contribution in [2.45, 2.75) is 33.1 Å². The highest BCUT2D eigenvalue weighted by molar-refractivity contribution is 9.10. The van der Waals surface area contributed by atoms with Crippen LogP contribution in [0.3, 0.4) is 0 Å². The van der Waals surface area contributed by atoms with Gasteiger partial charge in [-0.05, 0) is 47.7 Å². The van der Waals surface area contributed by atoms with E-state index in [-0.39, 0.29) is 18.1 Å². The Balaban J connectivity index is 2.20. The van der Waals surface area contributed by atoms with Gasteiger partial charge >= 0.3 is 0 Å². The maximum Gasteiger partial charge on any atom is 0.228 e. The molecule has 2 aromatic rings. The molecule has 0 fully saturated rings. The lowest BCUT2D eigenvalue weighted by Crippen LogP contribution is -2.17. The molecule has 0 radical (unpaired) electrons. The van der Waals surface area contributed by atoms with E-state index in [1.165, 1.54) is 6.07 Å². The van der Waals surface area contributed by atoms with Crippen LogP contribution in [0.15, 0.2) is 40.9 Å². The summed E-state index contributed by atoms with van der Waals surface area (Å²) in [4.78, 5) is 12.3. The predicted molar refractivity (Wildman–Crippen MR) is 91.6 cm³/mol. The Morgan fingerprint density at radius 2 is 1.73 bits per heavy atom. The van der Waals surface area contributed by atoms with E-state index in [9.17, 15) is 9.18 Å². The van der Waals surface area contributed by atoms with Crippen molar-refractivity contribution >= 4 is 27.5 Å². The van der Waals surface area contributed by atoms with Gasteiger partial charge in [-0.15, -0.1) is 0 Å². The molecule has 0 aromatic heterocycles. The van der Waals surface area contributed by atoms with E-state index < -0.39 is 0 Å². The SMILES string of the molecule is CCc1cccc(CC)c1NC(=O)Cc1cc(Br)ccc1F. The van der Waals surface area contributed by atoms with Gasteiger partial charge in [-0.2, -0.15) is 0 Å². The van der Waals surface area contributed by atoms with E-state index in [0.29, 0.717) is 5.56 Å². The zero-order chi connectivity index (χ0) is 16.1. The molecular weight excluding hydrogens is 345 g/mol. The van der Waals surface area contributed by atoms with Crippen molar-refractivity contribution < 1.29 is 9.18 Å². The first-order valence-corrected chi connectivity index (χ1v) is 8.19. The maximum absolute atomic E-state index is 13.8. The number of aryl methyl sites for hydroxylation is 2. The Kier molecular flexibility index (Phi) is 5.72. The molecule has 0 heterocycles. The lowest BCUT2D eigenvalue weighted by molar-refractivity contribution is -0.115. The summed E-state index contributed by atoms with van der Waals surface area (Å²) in [5.41, 5.74) is 3.46. The van der Waals surface area contributed by atoms with Crippen LogP contribution >= 0.6 is 15.9 Å². The second kappa shape index (κ2) is 7.54. The number of para-hydroxylation sites is 1. The molecular formula is C18H19BrFNO. The number of anilines is 1. The average Bonchev–Trinajstić information content (AvgIpc) is 2.51. The van der Waals surface area contributed by atoms with Crippen molar-refractivity contribution in [3.8, 4) is 0 Å². The molecule has 0 saturated heterocycles. The first-order chi connectivity index (χ1) is 10.5. The van der Waals surface area contributed by atoms with Gasteiger partial charge in [0.15, 0.2) is 0 Å². The van der Waals surface area contributed by atoms with Crippen LogP contribution in [0.2, 0.25) is 0 Å². The van der Waals surface area contributed by atoms with Gasteiger partial charge in [-0.3, -0.25) is 4.79 Å². The standard InChI is InChI=1S/C18H19BrFNO/c1-3-12-6-5-7-13(4-2)18(12)21-17(22)11-14-10-15(19)8-9-16(14)20/h5-10H,3-4,11H2,1-2H3,(H,21,22). The van der Waals surface area contributed by atoms with Crippen LogP contribution in [0, 0.1) is 5.82 Å². The zero-order valence-corrected chi connectivity index (χ0v) is 14.3. The van der Waals surface area contributed by atoms with E-state index in [1.54, 1.807) is 12.1 Å². The normalized spacial score (nSPS) is 10.5. The van der Waals surface area contributed by atoms with Gasteiger partial charge in [-0.1, -0.05) is 48.0 Å². The van der Waals surface area contributed by atoms with Gasteiger partial charge < -0.3 is 5.32 Å². The molecule has 0 aliphatic heterocycles. The minimum absolute atomic E-state index is 0.0203. The lowest BCUT2D eigenvalue weighted by atomic mass is 10.0. The van der Waals surface area contributed by atoms with Gasteiger partial charge in [0.2, 0.25) is 5.91 Å². The third kappa shape index (κ3) is 3.95. The monoisotopic (exact) mass is 363 g/mol. The van der Waals surface area contributed by atoms with Crippen LogP contribution < -0.4 is 5.32 Å². The third-order valence-corrected chi connectivity index (χ3v) is 4.12. The number of amides is 1. The van der Waals surface area contributed by atoms with Crippen LogP contribution in [-0.4, -0.2) is 5.91 Å². The minimum Gasteiger partial charge on any atom is -0.325 e. The second-order valence-corrected chi connectivity index (χ2v) is 6.03. The molecule has 0 aliphatic carbocycles. The summed E-state index contributed by atoms with van der Waals surface area (Å²) in [6, 6.07) is 10.6. The molecule has 0 spiro atoms. The number of nitrogens with one attached hydrogen (secondary N) is 1. The third-order valence-electron chi connectivity index (χ3n) is 3.62. The number of benzene rings is 2. The van der Waals surface area contributed by atoms with Gasteiger partial charge in [-0.25, -0.2) is 4.39 Å². The first-order valence-electron chi connectivity index (χ1n) is 7.39. The highest BCUT2D eigenvalue weighted by Crippen LogP contribution is 2.23. The van der Waals surface area contributed by atoms with E-state index in [1.807, 2.05) is 18.2 Å². The summed E-state index contributed by atoms with van der Waals surface area (Å²) in [7, 11) is 0. The summed E-state index contributed by atoms with van der Waals surface area (Å²) in [6.07, 6.45) is 1.70. The average molecular weight is 364 g/mol. The molecule has 0 atom stereocenters. The smallest absolute Gasteiger partial charge is 0.228 e. The number of carbonyl (C=O) groups is 1. The largest absolute Gasteiger partial charge is 0.325 e. The van der Waals surface area contributed by atoms with E-state index >= 15 is 0 Å². The number of hydrogen-bond acceptors (Lipinski definition) is 1. The van der Waals surface area contributed by atoms with Crippen molar-refractivity contribution in [2.24, 2.45) is 0 Å².